The molecule has 0 aliphatic carbocycles. The van der Waals surface area contributed by atoms with E-state index in [-0.39, 0.29) is 24.0 Å². The van der Waals surface area contributed by atoms with Crippen LogP contribution in [-0.2, 0) is 12.8 Å². The zero-order valence-electron chi connectivity index (χ0n) is 16.7. The molecule has 0 amide bonds. The van der Waals surface area contributed by atoms with Gasteiger partial charge in [0.25, 0.3) is 0 Å². The molecule has 2 heterocycles. The SMILES string of the molecule is CN=C(NCCc1ccc2c(c1)OCO2)NCCc1c[nH]c2cccc(C)c12.I. The summed E-state index contributed by atoms with van der Waals surface area (Å²) >= 11 is 0. The van der Waals surface area contributed by atoms with Crippen LogP contribution in [0.5, 0.6) is 11.5 Å². The number of hydrogen-bond acceptors (Lipinski definition) is 3. The number of nitrogens with zero attached hydrogens (tertiary/aromatic N) is 1. The maximum atomic E-state index is 5.43. The summed E-state index contributed by atoms with van der Waals surface area (Å²) in [4.78, 5) is 7.68. The first kappa shape index (κ1) is 21.3. The van der Waals surface area contributed by atoms with E-state index in [0.717, 1.165) is 43.4 Å². The number of aliphatic imine (C=N–C) groups is 1. The summed E-state index contributed by atoms with van der Waals surface area (Å²) in [6.07, 6.45) is 3.93. The van der Waals surface area contributed by atoms with Gasteiger partial charge in [-0.2, -0.15) is 0 Å². The molecular formula is C22H27IN4O2. The van der Waals surface area contributed by atoms with Crippen LogP contribution in [0.2, 0.25) is 0 Å². The molecule has 2 aromatic carbocycles. The second-order valence-electron chi connectivity index (χ2n) is 6.92. The van der Waals surface area contributed by atoms with Crippen molar-refractivity contribution in [1.29, 1.82) is 0 Å². The predicted molar refractivity (Wildman–Crippen MR) is 128 cm³/mol. The van der Waals surface area contributed by atoms with Gasteiger partial charge in [0.2, 0.25) is 6.79 Å². The number of halogens is 1. The molecule has 29 heavy (non-hydrogen) atoms. The first-order valence-corrected chi connectivity index (χ1v) is 9.63. The molecule has 0 saturated carbocycles. The van der Waals surface area contributed by atoms with Crippen LogP contribution < -0.4 is 20.1 Å². The van der Waals surface area contributed by atoms with Crippen molar-refractivity contribution in [2.45, 2.75) is 19.8 Å². The molecule has 0 unspecified atom stereocenters. The summed E-state index contributed by atoms with van der Waals surface area (Å²) < 4.78 is 10.8. The molecule has 6 nitrogen and oxygen atoms in total. The van der Waals surface area contributed by atoms with Crippen LogP contribution in [0.15, 0.2) is 47.6 Å². The van der Waals surface area contributed by atoms with Crippen molar-refractivity contribution in [2.75, 3.05) is 26.9 Å². The number of benzene rings is 2. The third-order valence-corrected chi connectivity index (χ3v) is 5.05. The minimum Gasteiger partial charge on any atom is -0.454 e. The molecule has 0 saturated heterocycles. The second-order valence-corrected chi connectivity index (χ2v) is 6.92. The largest absolute Gasteiger partial charge is 0.454 e. The molecule has 7 heteroatoms. The summed E-state index contributed by atoms with van der Waals surface area (Å²) in [7, 11) is 1.80. The Labute approximate surface area is 188 Å². The van der Waals surface area contributed by atoms with Gasteiger partial charge in [-0.15, -0.1) is 24.0 Å². The molecule has 0 bridgehead atoms. The lowest BCUT2D eigenvalue weighted by molar-refractivity contribution is 0.174. The van der Waals surface area contributed by atoms with Crippen LogP contribution in [0.3, 0.4) is 0 Å². The van der Waals surface area contributed by atoms with Gasteiger partial charge in [0, 0.05) is 37.2 Å². The Hall–Kier alpha value is -2.42. The number of aromatic amines is 1. The van der Waals surface area contributed by atoms with E-state index in [2.05, 4.69) is 58.0 Å². The molecular weight excluding hydrogens is 479 g/mol. The fourth-order valence-electron chi connectivity index (χ4n) is 3.61. The monoisotopic (exact) mass is 506 g/mol. The van der Waals surface area contributed by atoms with E-state index in [1.165, 1.54) is 27.6 Å². The molecule has 0 spiro atoms. The maximum Gasteiger partial charge on any atom is 0.231 e. The van der Waals surface area contributed by atoms with Gasteiger partial charge in [-0.3, -0.25) is 4.99 Å². The van der Waals surface area contributed by atoms with Crippen molar-refractivity contribution in [3.8, 4) is 11.5 Å². The van der Waals surface area contributed by atoms with Crippen LogP contribution in [0.25, 0.3) is 10.9 Å². The molecule has 0 fully saturated rings. The molecule has 0 atom stereocenters. The van der Waals surface area contributed by atoms with Gasteiger partial charge >= 0.3 is 0 Å². The van der Waals surface area contributed by atoms with E-state index >= 15 is 0 Å². The number of rotatable bonds is 6. The van der Waals surface area contributed by atoms with E-state index in [1.807, 2.05) is 12.1 Å². The first-order chi connectivity index (χ1) is 13.7. The Morgan fingerprint density at radius 3 is 2.69 bits per heavy atom. The lowest BCUT2D eigenvalue weighted by atomic mass is 10.1. The van der Waals surface area contributed by atoms with Gasteiger partial charge in [0.1, 0.15) is 0 Å². The van der Waals surface area contributed by atoms with E-state index in [9.17, 15) is 0 Å². The van der Waals surface area contributed by atoms with Crippen molar-refractivity contribution in [3.05, 3.63) is 59.3 Å². The minimum atomic E-state index is 0. The average molecular weight is 506 g/mol. The van der Waals surface area contributed by atoms with E-state index in [1.54, 1.807) is 7.05 Å². The van der Waals surface area contributed by atoms with Gasteiger partial charge in [0.05, 0.1) is 0 Å². The minimum absolute atomic E-state index is 0. The van der Waals surface area contributed by atoms with E-state index < -0.39 is 0 Å². The zero-order valence-corrected chi connectivity index (χ0v) is 19.1. The molecule has 1 aliphatic heterocycles. The Morgan fingerprint density at radius 2 is 1.86 bits per heavy atom. The fraction of sp³-hybridized carbons (Fsp3) is 0.318. The Morgan fingerprint density at radius 1 is 1.07 bits per heavy atom. The number of H-pyrrole nitrogens is 1. The highest BCUT2D eigenvalue weighted by Gasteiger charge is 2.13. The number of hydrogen-bond donors (Lipinski definition) is 3. The standard InChI is InChI=1S/C22H26N4O2.HI/c1-15-4-3-5-18-21(15)17(13-26-18)9-11-25-22(23-2)24-10-8-16-6-7-19-20(12-16)28-14-27-19;/h3-7,12-13,26H,8-11,14H2,1-2H3,(H2,23,24,25);1H. The van der Waals surface area contributed by atoms with E-state index in [0.29, 0.717) is 6.79 Å². The molecule has 154 valence electrons. The number of aromatic nitrogens is 1. The van der Waals surface area contributed by atoms with Crippen molar-refractivity contribution < 1.29 is 9.47 Å². The van der Waals surface area contributed by atoms with Crippen molar-refractivity contribution in [2.24, 2.45) is 4.99 Å². The normalized spacial score (nSPS) is 12.7. The van der Waals surface area contributed by atoms with Crippen molar-refractivity contribution in [1.82, 2.24) is 15.6 Å². The molecule has 1 aliphatic rings. The summed E-state index contributed by atoms with van der Waals surface area (Å²) in [5.41, 5.74) is 5.04. The number of ether oxygens (including phenoxy) is 2. The smallest absolute Gasteiger partial charge is 0.231 e. The summed E-state index contributed by atoms with van der Waals surface area (Å²) in [6, 6.07) is 12.4. The van der Waals surface area contributed by atoms with Crippen molar-refractivity contribution in [3.63, 3.8) is 0 Å². The molecule has 0 radical (unpaired) electrons. The highest BCUT2D eigenvalue weighted by molar-refractivity contribution is 14.0. The van der Waals surface area contributed by atoms with Crippen molar-refractivity contribution >= 4 is 40.8 Å². The Kier molecular flexibility index (Phi) is 7.24. The van der Waals surface area contributed by atoms with Crippen LogP contribution >= 0.6 is 24.0 Å². The molecule has 3 N–H and O–H groups in total. The molecule has 3 aromatic rings. The van der Waals surface area contributed by atoms with Crippen LogP contribution in [0.4, 0.5) is 0 Å². The van der Waals surface area contributed by atoms with Crippen LogP contribution in [0.1, 0.15) is 16.7 Å². The lowest BCUT2D eigenvalue weighted by Gasteiger charge is -2.12. The van der Waals surface area contributed by atoms with Gasteiger partial charge < -0.3 is 25.1 Å². The predicted octanol–water partition coefficient (Wildman–Crippen LogP) is 3.77. The quantitative estimate of drug-likeness (QED) is 0.271. The third-order valence-electron chi connectivity index (χ3n) is 5.05. The Balaban J connectivity index is 0.00000240. The number of aryl methyl sites for hydroxylation is 1. The lowest BCUT2D eigenvalue weighted by Crippen LogP contribution is -2.39. The van der Waals surface area contributed by atoms with E-state index in [4.69, 9.17) is 9.47 Å². The first-order valence-electron chi connectivity index (χ1n) is 9.63. The summed E-state index contributed by atoms with van der Waals surface area (Å²) in [5, 5.41) is 8.10. The highest BCUT2D eigenvalue weighted by atomic mass is 127. The fourth-order valence-corrected chi connectivity index (χ4v) is 3.61. The molecule has 1 aromatic heterocycles. The molecule has 4 rings (SSSR count). The van der Waals surface area contributed by atoms with Gasteiger partial charge in [-0.1, -0.05) is 18.2 Å². The van der Waals surface area contributed by atoms with Gasteiger partial charge in [-0.25, -0.2) is 0 Å². The topological polar surface area (TPSA) is 70.7 Å². The maximum absolute atomic E-state index is 5.43. The number of nitrogens with one attached hydrogen (secondary N) is 3. The number of fused-ring (bicyclic) bond motifs is 2. The highest BCUT2D eigenvalue weighted by Crippen LogP contribution is 2.32. The van der Waals surface area contributed by atoms with Gasteiger partial charge in [0.15, 0.2) is 17.5 Å². The zero-order chi connectivity index (χ0) is 19.3. The summed E-state index contributed by atoms with van der Waals surface area (Å²) in [5.74, 6) is 2.47. The van der Waals surface area contributed by atoms with Gasteiger partial charge in [-0.05, 0) is 54.7 Å². The number of guanidine groups is 1. The second kappa shape index (κ2) is 9.87. The summed E-state index contributed by atoms with van der Waals surface area (Å²) in [6.45, 7) is 4.09. The Bertz CT molecular complexity index is 1000. The third kappa shape index (κ3) is 4.95. The van der Waals surface area contributed by atoms with Crippen LogP contribution in [0, 0.1) is 6.92 Å². The average Bonchev–Trinajstić information content (AvgIpc) is 3.34. The van der Waals surface area contributed by atoms with Crippen LogP contribution in [-0.4, -0.2) is 37.9 Å².